The molecule has 26 heavy (non-hydrogen) atoms. The van der Waals surface area contributed by atoms with Gasteiger partial charge >= 0.3 is 11.1 Å². The summed E-state index contributed by atoms with van der Waals surface area (Å²) in [5.74, 6) is -0.139. The summed E-state index contributed by atoms with van der Waals surface area (Å²) < 4.78 is 28.3. The highest BCUT2D eigenvalue weighted by Crippen LogP contribution is 2.08. The standard InChI is InChI=1S/C18H19N3O4S/c1-13-5-4-6-14(11-13)12-26(24,25)19-9-10-21-16-8-3-2-7-15(16)20-17(22)18(21)23/h2-8,11,19H,9-10,12H2,1H3,(H,20,22). The molecule has 0 radical (unpaired) electrons. The highest BCUT2D eigenvalue weighted by atomic mass is 32.2. The van der Waals surface area contributed by atoms with E-state index in [0.717, 1.165) is 5.56 Å². The van der Waals surface area contributed by atoms with E-state index in [1.807, 2.05) is 25.1 Å². The molecule has 0 aliphatic carbocycles. The van der Waals surface area contributed by atoms with Gasteiger partial charge in [-0.2, -0.15) is 0 Å². The van der Waals surface area contributed by atoms with Crippen molar-refractivity contribution in [1.82, 2.24) is 14.3 Å². The second-order valence-corrected chi connectivity index (χ2v) is 7.88. The topological polar surface area (TPSA) is 101 Å². The van der Waals surface area contributed by atoms with Crippen molar-refractivity contribution in [2.75, 3.05) is 6.54 Å². The molecule has 0 amide bonds. The number of benzene rings is 2. The van der Waals surface area contributed by atoms with Crippen LogP contribution < -0.4 is 15.8 Å². The number of fused-ring (bicyclic) bond motifs is 1. The summed E-state index contributed by atoms with van der Waals surface area (Å²) in [5, 5.41) is 0. The summed E-state index contributed by atoms with van der Waals surface area (Å²) in [6, 6.07) is 14.2. The number of nitrogens with one attached hydrogen (secondary N) is 2. The predicted octanol–water partition coefficient (Wildman–Crippen LogP) is 1.12. The highest BCUT2D eigenvalue weighted by Gasteiger charge is 2.12. The maximum absolute atomic E-state index is 12.3. The number of hydrogen-bond acceptors (Lipinski definition) is 4. The molecule has 3 rings (SSSR count). The van der Waals surface area contributed by atoms with Crippen LogP contribution in [0, 0.1) is 6.92 Å². The molecule has 1 aromatic heterocycles. The second-order valence-electron chi connectivity index (χ2n) is 6.07. The number of H-pyrrole nitrogens is 1. The molecule has 0 fully saturated rings. The van der Waals surface area contributed by atoms with E-state index >= 15 is 0 Å². The van der Waals surface area contributed by atoms with Gasteiger partial charge in [-0.15, -0.1) is 0 Å². The molecule has 0 saturated carbocycles. The quantitative estimate of drug-likeness (QED) is 0.632. The van der Waals surface area contributed by atoms with Gasteiger partial charge in [-0.05, 0) is 24.6 Å². The zero-order chi connectivity index (χ0) is 18.7. The first-order valence-corrected chi connectivity index (χ1v) is 9.76. The van der Waals surface area contributed by atoms with Gasteiger partial charge in [0.05, 0.1) is 16.8 Å². The van der Waals surface area contributed by atoms with E-state index in [-0.39, 0.29) is 18.8 Å². The lowest BCUT2D eigenvalue weighted by Gasteiger charge is -2.11. The van der Waals surface area contributed by atoms with E-state index in [1.165, 1.54) is 4.57 Å². The van der Waals surface area contributed by atoms with E-state index in [9.17, 15) is 18.0 Å². The lowest BCUT2D eigenvalue weighted by Crippen LogP contribution is -2.39. The number of para-hydroxylation sites is 2. The van der Waals surface area contributed by atoms with Crippen LogP contribution in [0.15, 0.2) is 58.1 Å². The molecule has 0 spiro atoms. The summed E-state index contributed by atoms with van der Waals surface area (Å²) in [4.78, 5) is 26.4. The van der Waals surface area contributed by atoms with Crippen LogP contribution in [0.1, 0.15) is 11.1 Å². The fourth-order valence-electron chi connectivity index (χ4n) is 2.83. The Bertz CT molecular complexity index is 1160. The van der Waals surface area contributed by atoms with Crippen molar-refractivity contribution in [2.24, 2.45) is 0 Å². The smallest absolute Gasteiger partial charge is 0.316 e. The fraction of sp³-hybridized carbons (Fsp3) is 0.222. The first kappa shape index (κ1) is 18.1. The summed E-state index contributed by atoms with van der Waals surface area (Å²) in [6.45, 7) is 1.98. The minimum atomic E-state index is -3.55. The minimum absolute atomic E-state index is 0.0154. The third-order valence-electron chi connectivity index (χ3n) is 3.98. The van der Waals surface area contributed by atoms with E-state index < -0.39 is 21.1 Å². The van der Waals surface area contributed by atoms with E-state index in [2.05, 4.69) is 9.71 Å². The van der Waals surface area contributed by atoms with Crippen LogP contribution in [-0.4, -0.2) is 24.5 Å². The van der Waals surface area contributed by atoms with Crippen molar-refractivity contribution in [2.45, 2.75) is 19.2 Å². The van der Waals surface area contributed by atoms with Gasteiger partial charge in [0.2, 0.25) is 10.0 Å². The van der Waals surface area contributed by atoms with Crippen molar-refractivity contribution in [1.29, 1.82) is 0 Å². The third-order valence-corrected chi connectivity index (χ3v) is 5.34. The number of rotatable bonds is 6. The fourth-order valence-corrected chi connectivity index (χ4v) is 3.95. The highest BCUT2D eigenvalue weighted by molar-refractivity contribution is 7.88. The van der Waals surface area contributed by atoms with Crippen LogP contribution >= 0.6 is 0 Å². The van der Waals surface area contributed by atoms with E-state index in [1.54, 1.807) is 30.3 Å². The van der Waals surface area contributed by atoms with Gasteiger partial charge < -0.3 is 9.55 Å². The number of sulfonamides is 1. The molecule has 1 heterocycles. The molecule has 136 valence electrons. The first-order chi connectivity index (χ1) is 12.4. The summed E-state index contributed by atoms with van der Waals surface area (Å²) in [7, 11) is -3.55. The SMILES string of the molecule is Cc1cccc(CS(=O)(=O)NCCn2c(=O)c(=O)[nH]c3ccccc32)c1. The maximum atomic E-state index is 12.3. The lowest BCUT2D eigenvalue weighted by atomic mass is 10.2. The van der Waals surface area contributed by atoms with Crippen molar-refractivity contribution < 1.29 is 8.42 Å². The zero-order valence-electron chi connectivity index (χ0n) is 14.2. The summed E-state index contributed by atoms with van der Waals surface area (Å²) >= 11 is 0. The van der Waals surface area contributed by atoms with Crippen molar-refractivity contribution in [3.63, 3.8) is 0 Å². The van der Waals surface area contributed by atoms with Crippen molar-refractivity contribution >= 4 is 21.1 Å². The lowest BCUT2D eigenvalue weighted by molar-refractivity contribution is 0.571. The molecule has 0 aliphatic rings. The van der Waals surface area contributed by atoms with Crippen molar-refractivity contribution in [3.8, 4) is 0 Å². The molecule has 0 bridgehead atoms. The second kappa shape index (κ2) is 7.27. The van der Waals surface area contributed by atoms with E-state index in [4.69, 9.17) is 0 Å². The monoisotopic (exact) mass is 373 g/mol. The third kappa shape index (κ3) is 4.09. The van der Waals surface area contributed by atoms with Crippen LogP contribution in [0.5, 0.6) is 0 Å². The Morgan fingerprint density at radius 2 is 1.85 bits per heavy atom. The van der Waals surface area contributed by atoms with Crippen LogP contribution in [-0.2, 0) is 22.3 Å². The minimum Gasteiger partial charge on any atom is -0.316 e. The predicted molar refractivity (Wildman–Crippen MR) is 101 cm³/mol. The van der Waals surface area contributed by atoms with Crippen LogP contribution in [0.25, 0.3) is 11.0 Å². The molecule has 0 saturated heterocycles. The Hall–Kier alpha value is -2.71. The Labute approximate surface area is 150 Å². The van der Waals surface area contributed by atoms with E-state index in [0.29, 0.717) is 16.6 Å². The summed E-state index contributed by atoms with van der Waals surface area (Å²) in [5.41, 5.74) is 1.32. The number of aryl methyl sites for hydroxylation is 1. The van der Waals surface area contributed by atoms with Gasteiger partial charge in [-0.3, -0.25) is 9.59 Å². The van der Waals surface area contributed by atoms with Crippen molar-refractivity contribution in [3.05, 3.63) is 80.4 Å². The largest absolute Gasteiger partial charge is 0.316 e. The molecule has 8 heteroatoms. The molecule has 0 aliphatic heterocycles. The number of nitrogens with zero attached hydrogens (tertiary/aromatic N) is 1. The average molecular weight is 373 g/mol. The van der Waals surface area contributed by atoms with Gasteiger partial charge in [-0.25, -0.2) is 13.1 Å². The normalized spacial score (nSPS) is 11.7. The maximum Gasteiger partial charge on any atom is 0.316 e. The van der Waals surface area contributed by atoms with Gasteiger partial charge in [0, 0.05) is 13.1 Å². The van der Waals surface area contributed by atoms with Gasteiger partial charge in [-0.1, -0.05) is 42.0 Å². The molecule has 2 aromatic carbocycles. The molecule has 3 aromatic rings. The Kier molecular flexibility index (Phi) is 5.06. The molecular formula is C18H19N3O4S. The Morgan fingerprint density at radius 1 is 1.08 bits per heavy atom. The number of aromatic nitrogens is 2. The first-order valence-electron chi connectivity index (χ1n) is 8.10. The van der Waals surface area contributed by atoms with Crippen LogP contribution in [0.2, 0.25) is 0 Å². The van der Waals surface area contributed by atoms with Gasteiger partial charge in [0.1, 0.15) is 0 Å². The van der Waals surface area contributed by atoms with Crippen LogP contribution in [0.3, 0.4) is 0 Å². The summed E-state index contributed by atoms with van der Waals surface area (Å²) in [6.07, 6.45) is 0. The molecular weight excluding hydrogens is 354 g/mol. The number of aromatic amines is 1. The Morgan fingerprint density at radius 3 is 2.62 bits per heavy atom. The number of hydrogen-bond donors (Lipinski definition) is 2. The molecule has 0 unspecified atom stereocenters. The molecule has 7 nitrogen and oxygen atoms in total. The van der Waals surface area contributed by atoms with Crippen LogP contribution in [0.4, 0.5) is 0 Å². The molecule has 0 atom stereocenters. The van der Waals surface area contributed by atoms with Gasteiger partial charge in [0.15, 0.2) is 0 Å². The Balaban J connectivity index is 1.76. The molecule has 2 N–H and O–H groups in total. The average Bonchev–Trinajstić information content (AvgIpc) is 2.58. The zero-order valence-corrected chi connectivity index (χ0v) is 15.0. The van der Waals surface area contributed by atoms with Gasteiger partial charge in [0.25, 0.3) is 0 Å².